The van der Waals surface area contributed by atoms with Gasteiger partial charge in [-0.15, -0.1) is 6.42 Å². The smallest absolute Gasteiger partial charge is 0.323 e. The van der Waals surface area contributed by atoms with Crippen LogP contribution >= 0.6 is 0 Å². The van der Waals surface area contributed by atoms with Gasteiger partial charge in [-0.05, 0) is 37.1 Å². The average molecular weight is 260 g/mol. The third kappa shape index (κ3) is 4.36. The molecular formula is C14H16N2O3. The number of benzene rings is 1. The maximum absolute atomic E-state index is 11.9. The van der Waals surface area contributed by atoms with Gasteiger partial charge in [-0.3, -0.25) is 4.79 Å². The molecule has 1 rings (SSSR count). The fourth-order valence-corrected chi connectivity index (χ4v) is 1.49. The molecule has 5 nitrogen and oxygen atoms in total. The summed E-state index contributed by atoms with van der Waals surface area (Å²) in [5.41, 5.74) is 2.77. The molecule has 0 aromatic heterocycles. The lowest BCUT2D eigenvalue weighted by Gasteiger charge is -2.18. The summed E-state index contributed by atoms with van der Waals surface area (Å²) in [6.45, 7) is 3.42. The Balaban J connectivity index is 2.78. The van der Waals surface area contributed by atoms with Crippen molar-refractivity contribution in [1.82, 2.24) is 4.90 Å². The van der Waals surface area contributed by atoms with E-state index in [0.717, 1.165) is 16.0 Å². The maximum atomic E-state index is 11.9. The highest BCUT2D eigenvalue weighted by atomic mass is 16.4. The summed E-state index contributed by atoms with van der Waals surface area (Å²) in [5, 5.41) is 11.3. The fraction of sp³-hybridized carbons (Fsp3) is 0.286. The number of aliphatic carboxylic acids is 1. The molecule has 1 aromatic rings. The second kappa shape index (κ2) is 6.45. The summed E-state index contributed by atoms with van der Waals surface area (Å²) in [7, 11) is 0. The minimum absolute atomic E-state index is 0.0526. The highest BCUT2D eigenvalue weighted by Gasteiger charge is 2.15. The number of aryl methyl sites for hydroxylation is 2. The molecule has 0 atom stereocenters. The number of carbonyl (C=O) groups is 2. The SMILES string of the molecule is C#CCN(CC(=O)O)C(=O)Nc1ccc(C)c(C)c1. The number of anilines is 1. The number of hydrogen-bond acceptors (Lipinski definition) is 2. The van der Waals surface area contributed by atoms with E-state index in [4.69, 9.17) is 11.5 Å². The molecule has 0 aliphatic carbocycles. The lowest BCUT2D eigenvalue weighted by atomic mass is 10.1. The molecule has 0 spiro atoms. The zero-order valence-electron chi connectivity index (χ0n) is 10.9. The summed E-state index contributed by atoms with van der Waals surface area (Å²) in [5.74, 6) is 1.16. The van der Waals surface area contributed by atoms with Gasteiger partial charge in [0.25, 0.3) is 0 Å². The minimum atomic E-state index is -1.11. The molecule has 0 aliphatic heterocycles. The number of nitrogens with zero attached hydrogens (tertiary/aromatic N) is 1. The number of nitrogens with one attached hydrogen (secondary N) is 1. The van der Waals surface area contributed by atoms with Gasteiger partial charge in [0.15, 0.2) is 0 Å². The Labute approximate surface area is 112 Å². The molecule has 0 bridgehead atoms. The first kappa shape index (κ1) is 14.6. The number of carboxylic acid groups (broad SMARTS) is 1. The summed E-state index contributed by atoms with van der Waals surface area (Å²) in [6, 6.07) is 4.94. The highest BCUT2D eigenvalue weighted by Crippen LogP contribution is 2.14. The summed E-state index contributed by atoms with van der Waals surface area (Å²) < 4.78 is 0. The first-order valence-electron chi connectivity index (χ1n) is 5.72. The Bertz CT molecular complexity index is 532. The second-order valence-electron chi connectivity index (χ2n) is 4.18. The molecule has 0 radical (unpaired) electrons. The Kier molecular flexibility index (Phi) is 4.95. The van der Waals surface area contributed by atoms with Crippen molar-refractivity contribution in [2.75, 3.05) is 18.4 Å². The van der Waals surface area contributed by atoms with Crippen LogP contribution < -0.4 is 5.32 Å². The maximum Gasteiger partial charge on any atom is 0.323 e. The van der Waals surface area contributed by atoms with Crippen LogP contribution in [-0.2, 0) is 4.79 Å². The van der Waals surface area contributed by atoms with Gasteiger partial charge in [-0.2, -0.15) is 0 Å². The van der Waals surface area contributed by atoms with Crippen LogP contribution in [0.5, 0.6) is 0 Å². The van der Waals surface area contributed by atoms with Crippen LogP contribution in [0.3, 0.4) is 0 Å². The molecule has 100 valence electrons. The van der Waals surface area contributed by atoms with Crippen LogP contribution in [0.4, 0.5) is 10.5 Å². The first-order valence-corrected chi connectivity index (χ1v) is 5.72. The van der Waals surface area contributed by atoms with E-state index >= 15 is 0 Å². The van der Waals surface area contributed by atoms with Crippen LogP contribution in [0.1, 0.15) is 11.1 Å². The Morgan fingerprint density at radius 2 is 2.05 bits per heavy atom. The standard InChI is InChI=1S/C14H16N2O3/c1-4-7-16(9-13(17)18)14(19)15-12-6-5-10(2)11(3)8-12/h1,5-6,8H,7,9H2,2-3H3,(H,15,19)(H,17,18). The van der Waals surface area contributed by atoms with E-state index < -0.39 is 18.5 Å². The molecule has 1 aromatic carbocycles. The molecular weight excluding hydrogens is 244 g/mol. The van der Waals surface area contributed by atoms with E-state index in [1.54, 1.807) is 6.07 Å². The van der Waals surface area contributed by atoms with Crippen molar-refractivity contribution in [2.45, 2.75) is 13.8 Å². The van der Waals surface area contributed by atoms with Crippen molar-refractivity contribution in [1.29, 1.82) is 0 Å². The van der Waals surface area contributed by atoms with Crippen molar-refractivity contribution in [3.63, 3.8) is 0 Å². The van der Waals surface area contributed by atoms with Gasteiger partial charge in [-0.1, -0.05) is 12.0 Å². The number of carboxylic acids is 1. The number of amides is 2. The van der Waals surface area contributed by atoms with Gasteiger partial charge in [0.2, 0.25) is 0 Å². The fourth-order valence-electron chi connectivity index (χ4n) is 1.49. The minimum Gasteiger partial charge on any atom is -0.480 e. The molecule has 2 N–H and O–H groups in total. The molecule has 0 unspecified atom stereocenters. The number of hydrogen-bond donors (Lipinski definition) is 2. The van der Waals surface area contributed by atoms with Gasteiger partial charge in [-0.25, -0.2) is 4.79 Å². The van der Waals surface area contributed by atoms with E-state index in [2.05, 4.69) is 11.2 Å². The monoisotopic (exact) mass is 260 g/mol. The normalized spacial score (nSPS) is 9.53. The first-order chi connectivity index (χ1) is 8.93. The van der Waals surface area contributed by atoms with Crippen molar-refractivity contribution >= 4 is 17.7 Å². The predicted molar refractivity (Wildman–Crippen MR) is 73.0 cm³/mol. The second-order valence-corrected chi connectivity index (χ2v) is 4.18. The van der Waals surface area contributed by atoms with Crippen LogP contribution in [0.15, 0.2) is 18.2 Å². The quantitative estimate of drug-likeness (QED) is 0.812. The molecule has 0 aliphatic rings. The van der Waals surface area contributed by atoms with Crippen molar-refractivity contribution < 1.29 is 14.7 Å². The highest BCUT2D eigenvalue weighted by molar-refractivity contribution is 5.91. The molecule has 19 heavy (non-hydrogen) atoms. The number of carbonyl (C=O) groups excluding carboxylic acids is 1. The third-order valence-corrected chi connectivity index (χ3v) is 2.65. The molecule has 0 saturated heterocycles. The summed E-state index contributed by atoms with van der Waals surface area (Å²) in [6.07, 6.45) is 5.12. The predicted octanol–water partition coefficient (Wildman–Crippen LogP) is 1.86. The summed E-state index contributed by atoms with van der Waals surface area (Å²) >= 11 is 0. The van der Waals surface area contributed by atoms with Crippen molar-refractivity contribution in [3.05, 3.63) is 29.3 Å². The van der Waals surface area contributed by atoms with E-state index in [-0.39, 0.29) is 6.54 Å². The Morgan fingerprint density at radius 3 is 2.58 bits per heavy atom. The van der Waals surface area contributed by atoms with Crippen molar-refractivity contribution in [2.24, 2.45) is 0 Å². The molecule has 5 heteroatoms. The molecule has 0 fully saturated rings. The summed E-state index contributed by atoms with van der Waals surface area (Å²) in [4.78, 5) is 23.6. The lowest BCUT2D eigenvalue weighted by Crippen LogP contribution is -2.39. The van der Waals surface area contributed by atoms with Crippen LogP contribution in [0.2, 0.25) is 0 Å². The van der Waals surface area contributed by atoms with E-state index in [9.17, 15) is 9.59 Å². The van der Waals surface area contributed by atoms with Crippen LogP contribution in [0, 0.1) is 26.2 Å². The number of rotatable bonds is 4. The molecule has 0 heterocycles. The van der Waals surface area contributed by atoms with Gasteiger partial charge >= 0.3 is 12.0 Å². The van der Waals surface area contributed by atoms with E-state index in [0.29, 0.717) is 5.69 Å². The van der Waals surface area contributed by atoms with Gasteiger partial charge in [0.05, 0.1) is 6.54 Å². The lowest BCUT2D eigenvalue weighted by molar-refractivity contribution is -0.137. The largest absolute Gasteiger partial charge is 0.480 e. The van der Waals surface area contributed by atoms with Crippen LogP contribution in [-0.4, -0.2) is 35.1 Å². The zero-order chi connectivity index (χ0) is 14.4. The van der Waals surface area contributed by atoms with Gasteiger partial charge in [0.1, 0.15) is 6.54 Å². The third-order valence-electron chi connectivity index (χ3n) is 2.65. The topological polar surface area (TPSA) is 69.6 Å². The average Bonchev–Trinajstić information content (AvgIpc) is 2.33. The van der Waals surface area contributed by atoms with Crippen molar-refractivity contribution in [3.8, 4) is 12.3 Å². The van der Waals surface area contributed by atoms with Crippen LogP contribution in [0.25, 0.3) is 0 Å². The molecule has 0 saturated carbocycles. The Hall–Kier alpha value is -2.48. The van der Waals surface area contributed by atoms with Gasteiger partial charge in [0, 0.05) is 5.69 Å². The number of urea groups is 1. The van der Waals surface area contributed by atoms with Gasteiger partial charge < -0.3 is 15.3 Å². The van der Waals surface area contributed by atoms with E-state index in [1.165, 1.54) is 0 Å². The number of terminal acetylenes is 1. The Morgan fingerprint density at radius 1 is 1.37 bits per heavy atom. The molecule has 2 amide bonds. The zero-order valence-corrected chi connectivity index (χ0v) is 10.9. The van der Waals surface area contributed by atoms with E-state index in [1.807, 2.05) is 26.0 Å².